The lowest BCUT2D eigenvalue weighted by molar-refractivity contribution is -0.119. The van der Waals surface area contributed by atoms with Gasteiger partial charge >= 0.3 is 0 Å². The fourth-order valence-corrected chi connectivity index (χ4v) is 5.29. The molecule has 2 unspecified atom stereocenters. The molecule has 2 atom stereocenters. The predicted octanol–water partition coefficient (Wildman–Crippen LogP) is 2.84. The normalized spacial score (nSPS) is 27.6. The van der Waals surface area contributed by atoms with Crippen molar-refractivity contribution in [3.63, 3.8) is 0 Å². The van der Waals surface area contributed by atoms with E-state index >= 15 is 0 Å². The van der Waals surface area contributed by atoms with E-state index in [0.717, 1.165) is 51.5 Å². The van der Waals surface area contributed by atoms with Gasteiger partial charge in [0.1, 0.15) is 0 Å². The topological polar surface area (TPSA) is 60.0 Å². The molecule has 1 spiro atoms. The number of rotatable bonds is 4. The smallest absolute Gasteiger partial charge is 0.220 e. The van der Waals surface area contributed by atoms with E-state index in [1.165, 1.54) is 31.4 Å². The van der Waals surface area contributed by atoms with Crippen LogP contribution in [0.5, 0.6) is 0 Å². The number of aliphatic imine (C=N–C) groups is 1. The van der Waals surface area contributed by atoms with Crippen LogP contribution >= 0.6 is 24.0 Å². The number of likely N-dealkylation sites (tertiary alicyclic amines) is 2. The van der Waals surface area contributed by atoms with Crippen molar-refractivity contribution >= 4 is 35.8 Å². The van der Waals surface area contributed by atoms with Crippen molar-refractivity contribution in [3.8, 4) is 0 Å². The third-order valence-corrected chi connectivity index (χ3v) is 6.84. The monoisotopic (exact) mass is 525 g/mol. The molecule has 0 aliphatic carbocycles. The molecular formula is C23H36IN5O. The molecule has 4 rings (SSSR count). The standard InChI is InChI=1S/C23H35N5O.HI/c1-24-22(28-13-7-11-23(18-28)14-21(29)26-17-23)25-15-20-10-5-6-12-27(20)16-19-8-3-2-4-9-19;/h2-4,8-9,20H,5-7,10-18H2,1H3,(H,24,25)(H,26,29);1H. The molecule has 3 aliphatic rings. The van der Waals surface area contributed by atoms with E-state index in [1.807, 2.05) is 7.05 Å². The molecule has 3 saturated heterocycles. The van der Waals surface area contributed by atoms with Gasteiger partial charge in [-0.1, -0.05) is 36.8 Å². The molecule has 1 aromatic carbocycles. The third-order valence-electron chi connectivity index (χ3n) is 6.84. The third kappa shape index (κ3) is 5.66. The minimum atomic E-state index is 0. The molecule has 3 heterocycles. The number of nitrogens with one attached hydrogen (secondary N) is 2. The van der Waals surface area contributed by atoms with Gasteiger partial charge in [0.25, 0.3) is 0 Å². The van der Waals surface area contributed by atoms with E-state index in [4.69, 9.17) is 0 Å². The molecule has 0 bridgehead atoms. The second-order valence-corrected chi connectivity index (χ2v) is 9.01. The number of nitrogens with zero attached hydrogens (tertiary/aromatic N) is 3. The molecule has 2 N–H and O–H groups in total. The molecular weight excluding hydrogens is 489 g/mol. The van der Waals surface area contributed by atoms with E-state index in [2.05, 4.69) is 55.8 Å². The molecule has 7 heteroatoms. The fraction of sp³-hybridized carbons (Fsp3) is 0.652. The van der Waals surface area contributed by atoms with E-state index in [-0.39, 0.29) is 35.3 Å². The molecule has 0 saturated carbocycles. The number of carbonyl (C=O) groups is 1. The van der Waals surface area contributed by atoms with Crippen LogP contribution in [0.4, 0.5) is 0 Å². The average molecular weight is 525 g/mol. The van der Waals surface area contributed by atoms with Crippen LogP contribution in [0.25, 0.3) is 0 Å². The SMILES string of the molecule is CN=C(NCC1CCCCN1Cc1ccccc1)N1CCCC2(CNC(=O)C2)C1.I. The first-order chi connectivity index (χ1) is 14.2. The lowest BCUT2D eigenvalue weighted by Crippen LogP contribution is -2.54. The highest BCUT2D eigenvalue weighted by atomic mass is 127. The van der Waals surface area contributed by atoms with Gasteiger partial charge in [-0.2, -0.15) is 0 Å². The molecule has 30 heavy (non-hydrogen) atoms. The summed E-state index contributed by atoms with van der Waals surface area (Å²) in [6, 6.07) is 11.3. The Labute approximate surface area is 197 Å². The summed E-state index contributed by atoms with van der Waals surface area (Å²) in [7, 11) is 1.88. The predicted molar refractivity (Wildman–Crippen MR) is 132 cm³/mol. The summed E-state index contributed by atoms with van der Waals surface area (Å²) >= 11 is 0. The number of amides is 1. The highest BCUT2D eigenvalue weighted by molar-refractivity contribution is 14.0. The Hall–Kier alpha value is -1.35. The van der Waals surface area contributed by atoms with Gasteiger partial charge in [-0.15, -0.1) is 24.0 Å². The first-order valence-corrected chi connectivity index (χ1v) is 11.2. The van der Waals surface area contributed by atoms with Gasteiger partial charge in [-0.25, -0.2) is 0 Å². The number of hydrogen-bond donors (Lipinski definition) is 2. The van der Waals surface area contributed by atoms with Crippen molar-refractivity contribution in [2.45, 2.75) is 51.1 Å². The summed E-state index contributed by atoms with van der Waals surface area (Å²) in [6.07, 6.45) is 6.74. The number of benzene rings is 1. The van der Waals surface area contributed by atoms with Crippen LogP contribution in [0.15, 0.2) is 35.3 Å². The fourth-order valence-electron chi connectivity index (χ4n) is 5.29. The van der Waals surface area contributed by atoms with Gasteiger partial charge in [0.2, 0.25) is 5.91 Å². The van der Waals surface area contributed by atoms with Crippen molar-refractivity contribution in [2.24, 2.45) is 10.4 Å². The average Bonchev–Trinajstić information content (AvgIpc) is 3.10. The summed E-state index contributed by atoms with van der Waals surface area (Å²) in [6.45, 7) is 5.87. The van der Waals surface area contributed by atoms with Crippen LogP contribution in [-0.4, -0.2) is 67.5 Å². The first kappa shape index (κ1) is 23.3. The Bertz CT molecular complexity index is 728. The van der Waals surface area contributed by atoms with Crippen molar-refractivity contribution in [1.29, 1.82) is 0 Å². The van der Waals surface area contributed by atoms with Crippen LogP contribution in [0.1, 0.15) is 44.1 Å². The van der Waals surface area contributed by atoms with Crippen molar-refractivity contribution in [3.05, 3.63) is 35.9 Å². The number of carbonyl (C=O) groups excluding carboxylic acids is 1. The minimum absolute atomic E-state index is 0. The summed E-state index contributed by atoms with van der Waals surface area (Å²) < 4.78 is 0. The zero-order chi connectivity index (χ0) is 20.1. The number of guanidine groups is 1. The Morgan fingerprint density at radius 3 is 2.80 bits per heavy atom. The largest absolute Gasteiger partial charge is 0.355 e. The highest BCUT2D eigenvalue weighted by Gasteiger charge is 2.42. The number of halogens is 1. The maximum Gasteiger partial charge on any atom is 0.220 e. The van der Waals surface area contributed by atoms with Crippen LogP contribution in [0, 0.1) is 5.41 Å². The molecule has 1 aromatic rings. The van der Waals surface area contributed by atoms with Crippen LogP contribution < -0.4 is 10.6 Å². The molecule has 0 aromatic heterocycles. The zero-order valence-electron chi connectivity index (χ0n) is 18.1. The number of hydrogen-bond acceptors (Lipinski definition) is 3. The van der Waals surface area contributed by atoms with E-state index in [1.54, 1.807) is 0 Å². The Morgan fingerprint density at radius 2 is 2.07 bits per heavy atom. The van der Waals surface area contributed by atoms with Crippen LogP contribution in [0.3, 0.4) is 0 Å². The van der Waals surface area contributed by atoms with Gasteiger partial charge < -0.3 is 15.5 Å². The maximum absolute atomic E-state index is 11.8. The molecule has 6 nitrogen and oxygen atoms in total. The molecule has 166 valence electrons. The summed E-state index contributed by atoms with van der Waals surface area (Å²) in [4.78, 5) is 21.4. The highest BCUT2D eigenvalue weighted by Crippen LogP contribution is 2.36. The van der Waals surface area contributed by atoms with E-state index in [0.29, 0.717) is 12.5 Å². The Balaban J connectivity index is 0.00000256. The van der Waals surface area contributed by atoms with Gasteiger partial charge in [0.15, 0.2) is 5.96 Å². The summed E-state index contributed by atoms with van der Waals surface area (Å²) in [5.74, 6) is 1.20. The summed E-state index contributed by atoms with van der Waals surface area (Å²) in [5, 5.41) is 6.71. The molecule has 3 aliphatic heterocycles. The second kappa shape index (κ2) is 10.8. The van der Waals surface area contributed by atoms with Crippen molar-refractivity contribution < 1.29 is 4.79 Å². The van der Waals surface area contributed by atoms with Crippen molar-refractivity contribution in [2.75, 3.05) is 39.8 Å². The van der Waals surface area contributed by atoms with Gasteiger partial charge in [0, 0.05) is 57.6 Å². The van der Waals surface area contributed by atoms with E-state index in [9.17, 15) is 4.79 Å². The maximum atomic E-state index is 11.8. The molecule has 3 fully saturated rings. The van der Waals surface area contributed by atoms with Crippen LogP contribution in [-0.2, 0) is 11.3 Å². The molecule has 1 amide bonds. The minimum Gasteiger partial charge on any atom is -0.355 e. The Kier molecular flexibility index (Phi) is 8.39. The number of piperidine rings is 2. The Morgan fingerprint density at radius 1 is 1.23 bits per heavy atom. The lowest BCUT2D eigenvalue weighted by Gasteiger charge is -2.42. The van der Waals surface area contributed by atoms with Gasteiger partial charge in [-0.05, 0) is 37.8 Å². The quantitative estimate of drug-likeness (QED) is 0.361. The lowest BCUT2D eigenvalue weighted by atomic mass is 9.79. The van der Waals surface area contributed by atoms with Crippen molar-refractivity contribution in [1.82, 2.24) is 20.4 Å². The van der Waals surface area contributed by atoms with E-state index < -0.39 is 0 Å². The van der Waals surface area contributed by atoms with Gasteiger partial charge in [-0.3, -0.25) is 14.7 Å². The summed E-state index contributed by atoms with van der Waals surface area (Å²) in [5.41, 5.74) is 1.48. The zero-order valence-corrected chi connectivity index (χ0v) is 20.4. The molecule has 0 radical (unpaired) electrons. The second-order valence-electron chi connectivity index (χ2n) is 9.01. The van der Waals surface area contributed by atoms with Crippen LogP contribution in [0.2, 0.25) is 0 Å². The van der Waals surface area contributed by atoms with Gasteiger partial charge in [0.05, 0.1) is 0 Å². The first-order valence-electron chi connectivity index (χ1n) is 11.2.